The first-order valence-electron chi connectivity index (χ1n) is 9.15. The van der Waals surface area contributed by atoms with Gasteiger partial charge in [-0.3, -0.25) is 4.79 Å². The molecule has 0 bridgehead atoms. The molecular weight excluding hydrogens is 473 g/mol. The molecule has 0 aliphatic carbocycles. The van der Waals surface area contributed by atoms with Crippen molar-refractivity contribution < 1.29 is 18.7 Å². The van der Waals surface area contributed by atoms with Crippen molar-refractivity contribution in [3.05, 3.63) is 63.3 Å². The van der Waals surface area contributed by atoms with Crippen molar-refractivity contribution in [1.82, 2.24) is 9.78 Å². The number of benzene rings is 2. The normalized spacial score (nSPS) is 12.9. The number of rotatable bonds is 3. The third-order valence-corrected chi connectivity index (χ3v) is 6.49. The molecular formula is C21H15BrFN3O3S. The zero-order chi connectivity index (χ0) is 20.8. The molecule has 1 N–H and O–H groups in total. The Morgan fingerprint density at radius 1 is 1.17 bits per heavy atom. The van der Waals surface area contributed by atoms with Gasteiger partial charge in [0.15, 0.2) is 11.5 Å². The largest absolute Gasteiger partial charge is 0.486 e. The van der Waals surface area contributed by atoms with Crippen molar-refractivity contribution in [3.8, 4) is 17.2 Å². The Morgan fingerprint density at radius 3 is 2.60 bits per heavy atom. The summed E-state index contributed by atoms with van der Waals surface area (Å²) in [5, 5.41) is 8.34. The number of halogens is 2. The highest BCUT2D eigenvalue weighted by Crippen LogP contribution is 2.39. The molecule has 1 aliphatic rings. The van der Waals surface area contributed by atoms with Crippen LogP contribution in [0.4, 0.5) is 10.1 Å². The van der Waals surface area contributed by atoms with Crippen LogP contribution in [0.15, 0.2) is 46.9 Å². The van der Waals surface area contributed by atoms with Gasteiger partial charge in [-0.05, 0) is 53.2 Å². The molecule has 3 heterocycles. The predicted octanol–water partition coefficient (Wildman–Crippen LogP) is 5.32. The molecule has 0 saturated carbocycles. The molecule has 1 aliphatic heterocycles. The zero-order valence-electron chi connectivity index (χ0n) is 15.7. The third-order valence-electron chi connectivity index (χ3n) is 4.72. The number of nitrogens with one attached hydrogen (secondary N) is 1. The summed E-state index contributed by atoms with van der Waals surface area (Å²) in [6.45, 7) is 2.85. The first-order valence-corrected chi connectivity index (χ1v) is 10.8. The Hall–Kier alpha value is -2.91. The Bertz CT molecular complexity index is 1280. The number of thiophene rings is 1. The molecule has 0 radical (unpaired) electrons. The smallest absolute Gasteiger partial charge is 0.265 e. The van der Waals surface area contributed by atoms with Crippen LogP contribution in [0.1, 0.15) is 15.4 Å². The van der Waals surface area contributed by atoms with Gasteiger partial charge < -0.3 is 14.8 Å². The lowest BCUT2D eigenvalue weighted by Gasteiger charge is -2.20. The predicted molar refractivity (Wildman–Crippen MR) is 117 cm³/mol. The molecule has 1 amide bonds. The number of carbonyl (C=O) groups is 1. The monoisotopic (exact) mass is 487 g/mol. The maximum absolute atomic E-state index is 13.3. The summed E-state index contributed by atoms with van der Waals surface area (Å²) in [5.41, 5.74) is 2.13. The van der Waals surface area contributed by atoms with E-state index < -0.39 is 0 Å². The van der Waals surface area contributed by atoms with Crippen molar-refractivity contribution in [1.29, 1.82) is 0 Å². The first kappa shape index (κ1) is 19.1. The van der Waals surface area contributed by atoms with Crippen LogP contribution in [0.5, 0.6) is 11.5 Å². The van der Waals surface area contributed by atoms with Gasteiger partial charge in [0.05, 0.1) is 21.9 Å². The van der Waals surface area contributed by atoms with E-state index in [1.807, 2.05) is 13.0 Å². The van der Waals surface area contributed by atoms with Crippen LogP contribution < -0.4 is 14.8 Å². The minimum Gasteiger partial charge on any atom is -0.486 e. The van der Waals surface area contributed by atoms with Crippen molar-refractivity contribution in [2.45, 2.75) is 6.92 Å². The van der Waals surface area contributed by atoms with Crippen molar-refractivity contribution >= 4 is 49.1 Å². The number of fused-ring (bicyclic) bond motifs is 2. The van der Waals surface area contributed by atoms with E-state index in [0.717, 1.165) is 21.6 Å². The number of nitrogens with zero attached hydrogens (tertiary/aromatic N) is 2. The summed E-state index contributed by atoms with van der Waals surface area (Å²) in [4.78, 5) is 14.3. The summed E-state index contributed by atoms with van der Waals surface area (Å²) in [6.07, 6.45) is 0. The standard InChI is InChI=1S/C21H15BrFN3O3S/c1-11-14-8-19(30-21(14)26(25-11)13-4-2-12(23)3-5-13)20(27)24-16-10-18-17(9-15(16)22)28-6-7-29-18/h2-5,8-10H,6-7H2,1H3,(H,24,27). The lowest BCUT2D eigenvalue weighted by molar-refractivity contribution is 0.103. The molecule has 2 aromatic carbocycles. The molecule has 0 spiro atoms. The van der Waals surface area contributed by atoms with Crippen LogP contribution in [0.25, 0.3) is 15.9 Å². The summed E-state index contributed by atoms with van der Waals surface area (Å²) >= 11 is 4.80. The second-order valence-corrected chi connectivity index (χ2v) is 8.62. The molecule has 9 heteroatoms. The van der Waals surface area contributed by atoms with Gasteiger partial charge >= 0.3 is 0 Å². The average molecular weight is 488 g/mol. The van der Waals surface area contributed by atoms with Gasteiger partial charge in [-0.25, -0.2) is 9.07 Å². The Balaban J connectivity index is 1.47. The fourth-order valence-corrected chi connectivity index (χ4v) is 4.76. The number of amides is 1. The molecule has 4 aromatic rings. The zero-order valence-corrected chi connectivity index (χ0v) is 18.1. The molecule has 5 rings (SSSR count). The van der Waals surface area contributed by atoms with Crippen LogP contribution in [0.3, 0.4) is 0 Å². The minimum absolute atomic E-state index is 0.237. The molecule has 6 nitrogen and oxygen atoms in total. The number of carbonyl (C=O) groups excluding carboxylic acids is 1. The summed E-state index contributed by atoms with van der Waals surface area (Å²) in [5.74, 6) is 0.690. The minimum atomic E-state index is -0.310. The summed E-state index contributed by atoms with van der Waals surface area (Å²) in [6, 6.07) is 11.4. The van der Waals surface area contributed by atoms with E-state index in [1.165, 1.54) is 23.5 Å². The van der Waals surface area contributed by atoms with Crippen molar-refractivity contribution in [2.75, 3.05) is 18.5 Å². The number of anilines is 1. The Kier molecular flexibility index (Phi) is 4.71. The van der Waals surface area contributed by atoms with Gasteiger partial charge in [0.25, 0.3) is 5.91 Å². The average Bonchev–Trinajstić information content (AvgIpc) is 3.30. The van der Waals surface area contributed by atoms with E-state index >= 15 is 0 Å². The van der Waals surface area contributed by atoms with E-state index in [-0.39, 0.29) is 11.7 Å². The van der Waals surface area contributed by atoms with Crippen LogP contribution in [0, 0.1) is 12.7 Å². The van der Waals surface area contributed by atoms with Gasteiger partial charge in [0.1, 0.15) is 23.9 Å². The van der Waals surface area contributed by atoms with Crippen LogP contribution in [-0.4, -0.2) is 28.9 Å². The second kappa shape index (κ2) is 7.41. The number of hydrogen-bond acceptors (Lipinski definition) is 5. The number of hydrogen-bond donors (Lipinski definition) is 1. The Morgan fingerprint density at radius 2 is 1.87 bits per heavy atom. The fraction of sp³-hybridized carbons (Fsp3) is 0.143. The van der Waals surface area contributed by atoms with Crippen molar-refractivity contribution in [3.63, 3.8) is 0 Å². The maximum atomic E-state index is 13.3. The van der Waals surface area contributed by atoms with Gasteiger partial charge in [0, 0.05) is 22.0 Å². The summed E-state index contributed by atoms with van der Waals surface area (Å²) < 4.78 is 26.9. The van der Waals surface area contributed by atoms with E-state index in [2.05, 4.69) is 26.3 Å². The summed E-state index contributed by atoms with van der Waals surface area (Å²) in [7, 11) is 0. The molecule has 0 fully saturated rings. The van der Waals surface area contributed by atoms with Gasteiger partial charge in [0.2, 0.25) is 0 Å². The highest BCUT2D eigenvalue weighted by Gasteiger charge is 2.20. The van der Waals surface area contributed by atoms with E-state index in [0.29, 0.717) is 39.8 Å². The highest BCUT2D eigenvalue weighted by atomic mass is 79.9. The number of aromatic nitrogens is 2. The van der Waals surface area contributed by atoms with Gasteiger partial charge in [-0.15, -0.1) is 11.3 Å². The molecule has 0 atom stereocenters. The highest BCUT2D eigenvalue weighted by molar-refractivity contribution is 9.10. The molecule has 0 unspecified atom stereocenters. The van der Waals surface area contributed by atoms with E-state index in [9.17, 15) is 9.18 Å². The lowest BCUT2D eigenvalue weighted by Crippen LogP contribution is -2.16. The maximum Gasteiger partial charge on any atom is 0.265 e. The SMILES string of the molecule is Cc1nn(-c2ccc(F)cc2)c2sc(C(=O)Nc3cc4c(cc3Br)OCCO4)cc12. The number of ether oxygens (including phenoxy) is 2. The molecule has 30 heavy (non-hydrogen) atoms. The molecule has 0 saturated heterocycles. The van der Waals surface area contributed by atoms with Crippen LogP contribution in [0.2, 0.25) is 0 Å². The quantitative estimate of drug-likeness (QED) is 0.424. The Labute approximate surface area is 183 Å². The van der Waals surface area contributed by atoms with Gasteiger partial charge in [-0.2, -0.15) is 5.10 Å². The fourth-order valence-electron chi connectivity index (χ4n) is 3.26. The van der Waals surface area contributed by atoms with Gasteiger partial charge in [-0.1, -0.05) is 0 Å². The van der Waals surface area contributed by atoms with E-state index in [4.69, 9.17) is 9.47 Å². The van der Waals surface area contributed by atoms with E-state index in [1.54, 1.807) is 28.9 Å². The van der Waals surface area contributed by atoms with Crippen molar-refractivity contribution in [2.24, 2.45) is 0 Å². The third kappa shape index (κ3) is 3.33. The number of aryl methyl sites for hydroxylation is 1. The van der Waals surface area contributed by atoms with Crippen LogP contribution in [-0.2, 0) is 0 Å². The first-order chi connectivity index (χ1) is 14.5. The van der Waals surface area contributed by atoms with Crippen LogP contribution >= 0.6 is 27.3 Å². The lowest BCUT2D eigenvalue weighted by atomic mass is 10.2. The molecule has 2 aromatic heterocycles. The topological polar surface area (TPSA) is 65.4 Å². The molecule has 152 valence electrons. The second-order valence-electron chi connectivity index (χ2n) is 6.73.